The first-order valence-electron chi connectivity index (χ1n) is 8.05. The van der Waals surface area contributed by atoms with Crippen molar-refractivity contribution in [3.05, 3.63) is 27.1 Å². The first-order chi connectivity index (χ1) is 11.2. The van der Waals surface area contributed by atoms with Crippen LogP contribution in [0.1, 0.15) is 39.7 Å². The van der Waals surface area contributed by atoms with Gasteiger partial charge < -0.3 is 14.2 Å². The Kier molecular flexibility index (Phi) is 4.97. The zero-order valence-electron chi connectivity index (χ0n) is 14.1. The number of rotatable bonds is 1. The van der Waals surface area contributed by atoms with Gasteiger partial charge in [0.2, 0.25) is 0 Å². The number of carbonyl (C=O) groups excluding carboxylic acids is 1. The van der Waals surface area contributed by atoms with Crippen LogP contribution in [-0.2, 0) is 4.74 Å². The first kappa shape index (κ1) is 17.8. The number of nitrogens with zero attached hydrogens (tertiary/aromatic N) is 3. The van der Waals surface area contributed by atoms with Gasteiger partial charge in [0.05, 0.1) is 0 Å². The second-order valence-corrected chi connectivity index (χ2v) is 8.64. The summed E-state index contributed by atoms with van der Waals surface area (Å²) in [5.74, 6) is 0. The van der Waals surface area contributed by atoms with E-state index in [1.165, 1.54) is 3.57 Å². The molecular formula is C17H21ClIN3O2. The van der Waals surface area contributed by atoms with Crippen molar-refractivity contribution in [3.63, 3.8) is 0 Å². The van der Waals surface area contributed by atoms with Gasteiger partial charge in [0.25, 0.3) is 0 Å². The Labute approximate surface area is 160 Å². The fourth-order valence-corrected chi connectivity index (χ4v) is 3.86. The molecular weight excluding hydrogens is 441 g/mol. The number of amides is 1. The highest BCUT2D eigenvalue weighted by molar-refractivity contribution is 14.1. The van der Waals surface area contributed by atoms with Crippen LogP contribution < -0.4 is 0 Å². The van der Waals surface area contributed by atoms with E-state index in [1.54, 1.807) is 4.90 Å². The number of hydrogen-bond donors (Lipinski definition) is 0. The Morgan fingerprint density at radius 3 is 2.62 bits per heavy atom. The number of halogens is 2. The molecule has 0 bridgehead atoms. The lowest BCUT2D eigenvalue weighted by Gasteiger charge is -2.34. The number of ether oxygens (including phenoxy) is 1. The number of likely N-dealkylation sites (tertiary alicyclic amines) is 1. The molecule has 5 nitrogen and oxygen atoms in total. The summed E-state index contributed by atoms with van der Waals surface area (Å²) in [6.07, 6.45) is 3.66. The molecule has 1 aliphatic heterocycles. The molecule has 130 valence electrons. The average molecular weight is 462 g/mol. The Bertz CT molecular complexity index is 761. The first-order valence-corrected chi connectivity index (χ1v) is 9.51. The van der Waals surface area contributed by atoms with Gasteiger partial charge in [0.15, 0.2) is 0 Å². The zero-order valence-corrected chi connectivity index (χ0v) is 17.0. The van der Waals surface area contributed by atoms with Gasteiger partial charge in [-0.3, -0.25) is 0 Å². The van der Waals surface area contributed by atoms with Gasteiger partial charge in [-0.25, -0.2) is 9.78 Å². The summed E-state index contributed by atoms with van der Waals surface area (Å²) < 4.78 is 8.83. The summed E-state index contributed by atoms with van der Waals surface area (Å²) >= 11 is 8.40. The van der Waals surface area contributed by atoms with Crippen LogP contribution in [0.25, 0.3) is 11.0 Å². The molecule has 1 amide bonds. The van der Waals surface area contributed by atoms with Crippen molar-refractivity contribution in [1.82, 2.24) is 14.5 Å². The maximum atomic E-state index is 12.2. The third-order valence-electron chi connectivity index (χ3n) is 4.11. The predicted octanol–water partition coefficient (Wildman–Crippen LogP) is 4.87. The van der Waals surface area contributed by atoms with Crippen LogP contribution in [0.15, 0.2) is 18.3 Å². The van der Waals surface area contributed by atoms with Gasteiger partial charge >= 0.3 is 6.09 Å². The molecule has 0 radical (unpaired) electrons. The lowest BCUT2D eigenvalue weighted by atomic mass is 10.1. The number of fused-ring (bicyclic) bond motifs is 1. The molecule has 0 saturated carbocycles. The molecule has 0 spiro atoms. The summed E-state index contributed by atoms with van der Waals surface area (Å²) in [5, 5.41) is 1.62. The molecule has 0 aliphatic carbocycles. The average Bonchev–Trinajstić information content (AvgIpc) is 2.82. The molecule has 0 atom stereocenters. The molecule has 0 aromatic carbocycles. The fraction of sp³-hybridized carbons (Fsp3) is 0.529. The maximum absolute atomic E-state index is 12.2. The lowest BCUT2D eigenvalue weighted by molar-refractivity contribution is 0.0189. The quantitative estimate of drug-likeness (QED) is 0.450. The minimum Gasteiger partial charge on any atom is -0.444 e. The van der Waals surface area contributed by atoms with Gasteiger partial charge in [0, 0.05) is 34.3 Å². The van der Waals surface area contributed by atoms with Gasteiger partial charge in [-0.05, 0) is 68.3 Å². The molecule has 2 aromatic heterocycles. The summed E-state index contributed by atoms with van der Waals surface area (Å²) in [6, 6.07) is 4.15. The van der Waals surface area contributed by atoms with E-state index in [0.29, 0.717) is 24.3 Å². The lowest BCUT2D eigenvalue weighted by Crippen LogP contribution is -2.42. The molecule has 24 heavy (non-hydrogen) atoms. The Morgan fingerprint density at radius 2 is 2.00 bits per heavy atom. The Hall–Kier alpha value is -1.02. The summed E-state index contributed by atoms with van der Waals surface area (Å²) in [6.45, 7) is 7.05. The van der Waals surface area contributed by atoms with Crippen LogP contribution >= 0.6 is 34.2 Å². The van der Waals surface area contributed by atoms with E-state index in [9.17, 15) is 4.79 Å². The van der Waals surface area contributed by atoms with Gasteiger partial charge in [-0.2, -0.15) is 0 Å². The van der Waals surface area contributed by atoms with Crippen molar-refractivity contribution >= 4 is 51.3 Å². The number of aromatic nitrogens is 2. The molecule has 7 heteroatoms. The summed E-state index contributed by atoms with van der Waals surface area (Å²) in [5.41, 5.74) is 0.462. The Balaban J connectivity index is 1.73. The molecule has 1 aliphatic rings. The molecule has 1 saturated heterocycles. The summed E-state index contributed by atoms with van der Waals surface area (Å²) in [7, 11) is 0. The largest absolute Gasteiger partial charge is 0.444 e. The molecule has 3 rings (SSSR count). The highest BCUT2D eigenvalue weighted by Crippen LogP contribution is 2.31. The van der Waals surface area contributed by atoms with E-state index >= 15 is 0 Å². The predicted molar refractivity (Wildman–Crippen MR) is 104 cm³/mol. The minimum absolute atomic E-state index is 0.228. The van der Waals surface area contributed by atoms with Crippen molar-refractivity contribution in [1.29, 1.82) is 0 Å². The number of piperidine rings is 1. The van der Waals surface area contributed by atoms with E-state index < -0.39 is 5.60 Å². The van der Waals surface area contributed by atoms with E-state index in [2.05, 4.69) is 38.3 Å². The molecule has 0 unspecified atom stereocenters. The van der Waals surface area contributed by atoms with Crippen LogP contribution in [0.4, 0.5) is 4.79 Å². The normalized spacial score (nSPS) is 16.6. The fourth-order valence-electron chi connectivity index (χ4n) is 2.99. The minimum atomic E-state index is -0.457. The van der Waals surface area contributed by atoms with E-state index in [4.69, 9.17) is 16.3 Å². The second-order valence-electron chi connectivity index (χ2n) is 7.09. The maximum Gasteiger partial charge on any atom is 0.410 e. The number of carbonyl (C=O) groups is 1. The van der Waals surface area contributed by atoms with Crippen LogP contribution in [0.2, 0.25) is 5.15 Å². The third-order valence-corrected chi connectivity index (χ3v) is 5.18. The summed E-state index contributed by atoms with van der Waals surface area (Å²) in [4.78, 5) is 18.5. The monoisotopic (exact) mass is 461 g/mol. The molecule has 2 aromatic rings. The van der Waals surface area contributed by atoms with E-state index in [1.807, 2.05) is 32.9 Å². The topological polar surface area (TPSA) is 47.4 Å². The standard InChI is InChI=1S/C17H21ClIN3O2/c1-17(2,3)24-16(23)21-8-6-11(7-9-21)22-10-13(19)12-4-5-14(18)20-15(12)22/h4-5,10-11H,6-9H2,1-3H3. The second kappa shape index (κ2) is 6.71. The van der Waals surface area contributed by atoms with Gasteiger partial charge in [0.1, 0.15) is 16.4 Å². The molecule has 3 heterocycles. The van der Waals surface area contributed by atoms with Crippen LogP contribution in [0.3, 0.4) is 0 Å². The SMILES string of the molecule is CC(C)(C)OC(=O)N1CCC(n2cc(I)c3ccc(Cl)nc32)CC1. The van der Waals surface area contributed by atoms with E-state index in [-0.39, 0.29) is 6.09 Å². The smallest absolute Gasteiger partial charge is 0.410 e. The number of pyridine rings is 1. The van der Waals surface area contributed by atoms with Crippen LogP contribution in [0.5, 0.6) is 0 Å². The highest BCUT2D eigenvalue weighted by atomic mass is 127. The van der Waals surface area contributed by atoms with E-state index in [0.717, 1.165) is 23.9 Å². The van der Waals surface area contributed by atoms with Crippen LogP contribution in [0, 0.1) is 3.57 Å². The Morgan fingerprint density at radius 1 is 1.33 bits per heavy atom. The van der Waals surface area contributed by atoms with Gasteiger partial charge in [-0.1, -0.05) is 11.6 Å². The van der Waals surface area contributed by atoms with Crippen molar-refractivity contribution in [2.24, 2.45) is 0 Å². The highest BCUT2D eigenvalue weighted by Gasteiger charge is 2.28. The van der Waals surface area contributed by atoms with Crippen molar-refractivity contribution < 1.29 is 9.53 Å². The van der Waals surface area contributed by atoms with Crippen molar-refractivity contribution in [2.45, 2.75) is 45.3 Å². The molecule has 1 fully saturated rings. The number of hydrogen-bond acceptors (Lipinski definition) is 3. The third kappa shape index (κ3) is 3.79. The molecule has 0 N–H and O–H groups in total. The van der Waals surface area contributed by atoms with Crippen LogP contribution in [-0.4, -0.2) is 39.2 Å². The van der Waals surface area contributed by atoms with Crippen molar-refractivity contribution in [3.8, 4) is 0 Å². The zero-order chi connectivity index (χ0) is 17.5. The van der Waals surface area contributed by atoms with Gasteiger partial charge in [-0.15, -0.1) is 0 Å². The van der Waals surface area contributed by atoms with Crippen molar-refractivity contribution in [2.75, 3.05) is 13.1 Å².